The van der Waals surface area contributed by atoms with Crippen LogP contribution in [0.4, 0.5) is 0 Å². The van der Waals surface area contributed by atoms with Crippen molar-refractivity contribution < 1.29 is 0 Å². The minimum atomic E-state index is 0. The van der Waals surface area contributed by atoms with Crippen molar-refractivity contribution in [3.63, 3.8) is 0 Å². The van der Waals surface area contributed by atoms with Gasteiger partial charge in [-0.05, 0) is 58.8 Å². The molecule has 0 aliphatic rings. The van der Waals surface area contributed by atoms with Crippen LogP contribution in [0, 0.1) is 13.8 Å². The van der Waals surface area contributed by atoms with Crippen molar-refractivity contribution in [2.75, 3.05) is 33.2 Å². The molecular weight excluding hydrogens is 427 g/mol. The van der Waals surface area contributed by atoms with E-state index in [-0.39, 0.29) is 24.0 Å². The summed E-state index contributed by atoms with van der Waals surface area (Å²) in [7, 11) is 3.83. The number of guanidine groups is 1. The third-order valence-corrected chi connectivity index (χ3v) is 4.61. The van der Waals surface area contributed by atoms with Gasteiger partial charge in [-0.25, -0.2) is 0 Å². The molecule has 0 spiro atoms. The Balaban J connectivity index is 0.00000576. The molecule has 0 fully saturated rings. The largest absolute Gasteiger partial charge is 0.356 e. The van der Waals surface area contributed by atoms with Crippen molar-refractivity contribution in [1.29, 1.82) is 0 Å². The maximum Gasteiger partial charge on any atom is 0.191 e. The molecule has 1 unspecified atom stereocenters. The molecule has 0 aliphatic heterocycles. The molecule has 146 valence electrons. The van der Waals surface area contributed by atoms with E-state index in [1.807, 2.05) is 18.8 Å². The molecular formula is C18H37IN6. The Hall–Kier alpha value is -0.830. The molecule has 1 aromatic rings. The molecule has 0 bridgehead atoms. The number of nitrogens with one attached hydrogen (secondary N) is 2. The Morgan fingerprint density at radius 3 is 2.40 bits per heavy atom. The highest BCUT2D eigenvalue weighted by Crippen LogP contribution is 2.14. The van der Waals surface area contributed by atoms with Crippen LogP contribution < -0.4 is 10.6 Å². The van der Waals surface area contributed by atoms with E-state index in [0.717, 1.165) is 50.7 Å². The molecule has 1 atom stereocenters. The lowest BCUT2D eigenvalue weighted by molar-refractivity contribution is 0.300. The van der Waals surface area contributed by atoms with E-state index < -0.39 is 0 Å². The first-order valence-corrected chi connectivity index (χ1v) is 9.11. The number of aliphatic imine (C=N–C) groups is 1. The average Bonchev–Trinajstić information content (AvgIpc) is 2.80. The zero-order valence-electron chi connectivity index (χ0n) is 17.0. The predicted molar refractivity (Wildman–Crippen MR) is 118 cm³/mol. The van der Waals surface area contributed by atoms with Gasteiger partial charge < -0.3 is 15.5 Å². The van der Waals surface area contributed by atoms with Gasteiger partial charge in [-0.15, -0.1) is 24.0 Å². The Morgan fingerprint density at radius 2 is 1.92 bits per heavy atom. The summed E-state index contributed by atoms with van der Waals surface area (Å²) >= 11 is 0. The number of hydrogen-bond acceptors (Lipinski definition) is 3. The van der Waals surface area contributed by atoms with Crippen molar-refractivity contribution in [2.45, 2.75) is 53.5 Å². The molecule has 1 rings (SSSR count). The van der Waals surface area contributed by atoms with Gasteiger partial charge in [0.2, 0.25) is 0 Å². The minimum absolute atomic E-state index is 0. The highest BCUT2D eigenvalue weighted by Gasteiger charge is 2.13. The summed E-state index contributed by atoms with van der Waals surface area (Å²) in [5.41, 5.74) is 3.68. The number of nitrogens with zero attached hydrogens (tertiary/aromatic N) is 4. The zero-order chi connectivity index (χ0) is 18.1. The van der Waals surface area contributed by atoms with Crippen LogP contribution in [0.15, 0.2) is 4.99 Å². The standard InChI is InChI=1S/C18H36N6.HI/c1-8-24(9-2)12-10-11-20-18(19-6)21-14(3)13-17-15(4)22-23(7)16(17)5;/h14H,8-13H2,1-7H3,(H2,19,20,21);1H. The molecule has 2 N–H and O–H groups in total. The average molecular weight is 464 g/mol. The van der Waals surface area contributed by atoms with Crippen LogP contribution in [0.2, 0.25) is 0 Å². The lowest BCUT2D eigenvalue weighted by Gasteiger charge is -2.20. The summed E-state index contributed by atoms with van der Waals surface area (Å²) in [5.74, 6) is 0.876. The van der Waals surface area contributed by atoms with E-state index in [1.165, 1.54) is 11.3 Å². The molecule has 6 nitrogen and oxygen atoms in total. The van der Waals surface area contributed by atoms with Gasteiger partial charge in [-0.1, -0.05) is 13.8 Å². The van der Waals surface area contributed by atoms with E-state index in [4.69, 9.17) is 0 Å². The predicted octanol–water partition coefficient (Wildman–Crippen LogP) is 2.48. The summed E-state index contributed by atoms with van der Waals surface area (Å²) in [6, 6.07) is 0.306. The lowest BCUT2D eigenvalue weighted by Crippen LogP contribution is -2.44. The van der Waals surface area contributed by atoms with Crippen molar-refractivity contribution >= 4 is 29.9 Å². The Bertz CT molecular complexity index is 522. The second kappa shape index (κ2) is 12.5. The molecule has 0 aromatic carbocycles. The topological polar surface area (TPSA) is 57.5 Å². The number of hydrogen-bond donors (Lipinski definition) is 2. The number of halogens is 1. The smallest absolute Gasteiger partial charge is 0.191 e. The highest BCUT2D eigenvalue weighted by atomic mass is 127. The van der Waals surface area contributed by atoms with Gasteiger partial charge in [0.15, 0.2) is 5.96 Å². The lowest BCUT2D eigenvalue weighted by atomic mass is 10.1. The van der Waals surface area contributed by atoms with Crippen LogP contribution >= 0.6 is 24.0 Å². The monoisotopic (exact) mass is 464 g/mol. The molecule has 7 heteroatoms. The fraction of sp³-hybridized carbons (Fsp3) is 0.778. The molecule has 0 radical (unpaired) electrons. The van der Waals surface area contributed by atoms with E-state index in [2.05, 4.69) is 60.2 Å². The van der Waals surface area contributed by atoms with Crippen molar-refractivity contribution in [3.8, 4) is 0 Å². The summed E-state index contributed by atoms with van der Waals surface area (Å²) in [6.07, 6.45) is 2.07. The van der Waals surface area contributed by atoms with Gasteiger partial charge in [0, 0.05) is 32.4 Å². The first-order chi connectivity index (χ1) is 11.4. The molecule has 1 aromatic heterocycles. The molecule has 0 saturated heterocycles. The first kappa shape index (κ1) is 24.2. The summed E-state index contributed by atoms with van der Waals surface area (Å²) in [5, 5.41) is 11.4. The normalized spacial score (nSPS) is 12.9. The van der Waals surface area contributed by atoms with Crippen LogP contribution in [0.25, 0.3) is 0 Å². The molecule has 1 heterocycles. The molecule has 0 amide bonds. The van der Waals surface area contributed by atoms with Gasteiger partial charge in [-0.3, -0.25) is 9.67 Å². The summed E-state index contributed by atoms with van der Waals surface area (Å²) < 4.78 is 1.96. The van der Waals surface area contributed by atoms with Crippen molar-refractivity contribution in [3.05, 3.63) is 17.0 Å². The third-order valence-electron chi connectivity index (χ3n) is 4.61. The van der Waals surface area contributed by atoms with E-state index >= 15 is 0 Å². The molecule has 0 aliphatic carbocycles. The SMILES string of the molecule is CCN(CC)CCCNC(=NC)NC(C)Cc1c(C)nn(C)c1C.I. The maximum atomic E-state index is 4.49. The van der Waals surface area contributed by atoms with Gasteiger partial charge in [0.25, 0.3) is 0 Å². The van der Waals surface area contributed by atoms with Crippen LogP contribution in [-0.2, 0) is 13.5 Å². The number of aryl methyl sites for hydroxylation is 2. The fourth-order valence-corrected chi connectivity index (χ4v) is 2.95. The van der Waals surface area contributed by atoms with Gasteiger partial charge in [0.05, 0.1) is 5.69 Å². The van der Waals surface area contributed by atoms with E-state index in [9.17, 15) is 0 Å². The zero-order valence-corrected chi connectivity index (χ0v) is 19.3. The molecule has 25 heavy (non-hydrogen) atoms. The van der Waals surface area contributed by atoms with Gasteiger partial charge in [0.1, 0.15) is 0 Å². The van der Waals surface area contributed by atoms with E-state index in [0.29, 0.717) is 6.04 Å². The Labute approximate surface area is 170 Å². The van der Waals surface area contributed by atoms with Crippen LogP contribution in [-0.4, -0.2) is 59.9 Å². The van der Waals surface area contributed by atoms with Crippen LogP contribution in [0.1, 0.15) is 44.1 Å². The third kappa shape index (κ3) is 7.94. The quantitative estimate of drug-likeness (QED) is 0.255. The van der Waals surface area contributed by atoms with Gasteiger partial charge in [-0.2, -0.15) is 5.10 Å². The van der Waals surface area contributed by atoms with Crippen molar-refractivity contribution in [2.24, 2.45) is 12.0 Å². The Morgan fingerprint density at radius 1 is 1.28 bits per heavy atom. The first-order valence-electron chi connectivity index (χ1n) is 9.11. The van der Waals surface area contributed by atoms with E-state index in [1.54, 1.807) is 0 Å². The fourth-order valence-electron chi connectivity index (χ4n) is 2.95. The summed E-state index contributed by atoms with van der Waals surface area (Å²) in [6.45, 7) is 15.1. The molecule has 0 saturated carbocycles. The van der Waals surface area contributed by atoms with Gasteiger partial charge >= 0.3 is 0 Å². The second-order valence-electron chi connectivity index (χ2n) is 6.40. The number of aromatic nitrogens is 2. The van der Waals surface area contributed by atoms with Crippen molar-refractivity contribution in [1.82, 2.24) is 25.3 Å². The van der Waals surface area contributed by atoms with Crippen LogP contribution in [0.3, 0.4) is 0 Å². The summed E-state index contributed by atoms with van der Waals surface area (Å²) in [4.78, 5) is 6.78. The second-order valence-corrected chi connectivity index (χ2v) is 6.40. The minimum Gasteiger partial charge on any atom is -0.356 e. The Kier molecular flexibility index (Phi) is 12.1. The maximum absolute atomic E-state index is 4.49. The van der Waals surface area contributed by atoms with Crippen LogP contribution in [0.5, 0.6) is 0 Å². The number of rotatable bonds is 9. The highest BCUT2D eigenvalue weighted by molar-refractivity contribution is 14.0.